The second kappa shape index (κ2) is 7.13. The first kappa shape index (κ1) is 14.7. The van der Waals surface area contributed by atoms with Gasteiger partial charge in [-0.15, -0.1) is 0 Å². The third-order valence-corrected chi connectivity index (χ3v) is 2.67. The van der Waals surface area contributed by atoms with Crippen molar-refractivity contribution in [1.82, 2.24) is 10.6 Å². The molecule has 0 aliphatic rings. The van der Waals surface area contributed by atoms with Crippen molar-refractivity contribution < 1.29 is 14.7 Å². The summed E-state index contributed by atoms with van der Waals surface area (Å²) >= 11 is 3.27. The van der Waals surface area contributed by atoms with E-state index in [-0.39, 0.29) is 31.0 Å². The lowest BCUT2D eigenvalue weighted by molar-refractivity contribution is -0.121. The Hall–Kier alpha value is -1.40. The summed E-state index contributed by atoms with van der Waals surface area (Å²) in [5.74, 6) is -0.650. The molecule has 6 heteroatoms. The Balaban J connectivity index is 2.44. The van der Waals surface area contributed by atoms with E-state index in [1.165, 1.54) is 0 Å². The molecule has 5 nitrogen and oxygen atoms in total. The molecule has 0 unspecified atom stereocenters. The molecule has 18 heavy (non-hydrogen) atoms. The van der Waals surface area contributed by atoms with E-state index in [2.05, 4.69) is 26.6 Å². The van der Waals surface area contributed by atoms with Crippen molar-refractivity contribution in [3.63, 3.8) is 0 Å². The molecular weight excluding hydrogens is 300 g/mol. The van der Waals surface area contributed by atoms with Gasteiger partial charge in [-0.3, -0.25) is 9.59 Å². The van der Waals surface area contributed by atoms with Gasteiger partial charge in [-0.05, 0) is 25.1 Å². The van der Waals surface area contributed by atoms with E-state index in [4.69, 9.17) is 5.11 Å². The Bertz CT molecular complexity index is 437. The molecule has 1 aromatic carbocycles. The third kappa shape index (κ3) is 4.85. The standard InChI is InChI=1S/C12H15BrN2O3/c1-8(7-16)15-11(17)6-14-12(18)9-3-2-4-10(13)5-9/h2-5,8,16H,6-7H2,1H3,(H,14,18)(H,15,17)/t8-/m0/s1. The van der Waals surface area contributed by atoms with Crippen LogP contribution in [0.25, 0.3) is 0 Å². The van der Waals surface area contributed by atoms with E-state index in [0.717, 1.165) is 4.47 Å². The monoisotopic (exact) mass is 314 g/mol. The summed E-state index contributed by atoms with van der Waals surface area (Å²) in [7, 11) is 0. The van der Waals surface area contributed by atoms with Gasteiger partial charge in [0.2, 0.25) is 5.91 Å². The first-order valence-electron chi connectivity index (χ1n) is 5.47. The zero-order valence-corrected chi connectivity index (χ0v) is 11.5. The highest BCUT2D eigenvalue weighted by Crippen LogP contribution is 2.11. The summed E-state index contributed by atoms with van der Waals surface area (Å²) in [4.78, 5) is 23.1. The Labute approximate surface area is 114 Å². The molecule has 98 valence electrons. The maximum absolute atomic E-state index is 11.7. The molecule has 0 aliphatic heterocycles. The van der Waals surface area contributed by atoms with E-state index in [0.29, 0.717) is 5.56 Å². The lowest BCUT2D eigenvalue weighted by Gasteiger charge is -2.11. The second-order valence-corrected chi connectivity index (χ2v) is 4.76. The summed E-state index contributed by atoms with van der Waals surface area (Å²) in [5.41, 5.74) is 0.479. The number of aliphatic hydroxyl groups is 1. The fraction of sp³-hybridized carbons (Fsp3) is 0.333. The predicted octanol–water partition coefficient (Wildman–Crippen LogP) is 0.676. The lowest BCUT2D eigenvalue weighted by Crippen LogP contribution is -2.42. The van der Waals surface area contributed by atoms with Gasteiger partial charge in [0.15, 0.2) is 0 Å². The third-order valence-electron chi connectivity index (χ3n) is 2.18. The van der Waals surface area contributed by atoms with Gasteiger partial charge in [-0.2, -0.15) is 0 Å². The minimum Gasteiger partial charge on any atom is -0.394 e. The van der Waals surface area contributed by atoms with Crippen LogP contribution in [0.4, 0.5) is 0 Å². The van der Waals surface area contributed by atoms with E-state index in [1.54, 1.807) is 25.1 Å². The normalized spacial score (nSPS) is 11.7. The molecule has 1 atom stereocenters. The summed E-state index contributed by atoms with van der Waals surface area (Å²) in [6.45, 7) is 1.43. The van der Waals surface area contributed by atoms with Gasteiger partial charge in [-0.25, -0.2) is 0 Å². The van der Waals surface area contributed by atoms with Crippen molar-refractivity contribution in [3.05, 3.63) is 34.3 Å². The Morgan fingerprint density at radius 3 is 2.78 bits per heavy atom. The molecule has 0 radical (unpaired) electrons. The maximum atomic E-state index is 11.7. The molecule has 0 spiro atoms. The van der Waals surface area contributed by atoms with Crippen molar-refractivity contribution in [2.24, 2.45) is 0 Å². The number of nitrogens with one attached hydrogen (secondary N) is 2. The van der Waals surface area contributed by atoms with Gasteiger partial charge < -0.3 is 15.7 Å². The van der Waals surface area contributed by atoms with Gasteiger partial charge in [-0.1, -0.05) is 22.0 Å². The first-order chi connectivity index (χ1) is 8.52. The number of hydrogen-bond acceptors (Lipinski definition) is 3. The minimum absolute atomic E-state index is 0.115. The van der Waals surface area contributed by atoms with Crippen LogP contribution in [0.3, 0.4) is 0 Å². The van der Waals surface area contributed by atoms with Crippen molar-refractivity contribution in [3.8, 4) is 0 Å². The fourth-order valence-corrected chi connectivity index (χ4v) is 1.66. The first-order valence-corrected chi connectivity index (χ1v) is 6.26. The summed E-state index contributed by atoms with van der Waals surface area (Å²) in [5, 5.41) is 13.8. The summed E-state index contributed by atoms with van der Waals surface area (Å²) < 4.78 is 0.800. The summed E-state index contributed by atoms with van der Waals surface area (Å²) in [6.07, 6.45) is 0. The molecule has 0 saturated heterocycles. The number of halogens is 1. The number of carbonyl (C=O) groups excluding carboxylic acids is 2. The van der Waals surface area contributed by atoms with Crippen LogP contribution >= 0.6 is 15.9 Å². The highest BCUT2D eigenvalue weighted by atomic mass is 79.9. The fourth-order valence-electron chi connectivity index (χ4n) is 1.26. The molecule has 3 N–H and O–H groups in total. The van der Waals surface area contributed by atoms with Crippen LogP contribution in [-0.2, 0) is 4.79 Å². The van der Waals surface area contributed by atoms with Gasteiger partial charge in [0.25, 0.3) is 5.91 Å². The average molecular weight is 315 g/mol. The molecule has 0 fully saturated rings. The van der Waals surface area contributed by atoms with Gasteiger partial charge in [0.05, 0.1) is 13.2 Å². The maximum Gasteiger partial charge on any atom is 0.251 e. The number of rotatable bonds is 5. The Kier molecular flexibility index (Phi) is 5.80. The molecule has 0 heterocycles. The molecule has 1 rings (SSSR count). The van der Waals surface area contributed by atoms with Gasteiger partial charge >= 0.3 is 0 Å². The van der Waals surface area contributed by atoms with Crippen LogP contribution in [0.5, 0.6) is 0 Å². The largest absolute Gasteiger partial charge is 0.394 e. The van der Waals surface area contributed by atoms with E-state index in [1.807, 2.05) is 6.07 Å². The molecule has 0 aliphatic carbocycles. The average Bonchev–Trinajstić information content (AvgIpc) is 2.35. The molecule has 1 aromatic rings. The highest BCUT2D eigenvalue weighted by molar-refractivity contribution is 9.10. The number of amides is 2. The quantitative estimate of drug-likeness (QED) is 0.747. The van der Waals surface area contributed by atoms with Crippen molar-refractivity contribution in [2.45, 2.75) is 13.0 Å². The lowest BCUT2D eigenvalue weighted by atomic mass is 10.2. The van der Waals surface area contributed by atoms with E-state index >= 15 is 0 Å². The van der Waals surface area contributed by atoms with Crippen molar-refractivity contribution in [1.29, 1.82) is 0 Å². The van der Waals surface area contributed by atoms with Crippen LogP contribution in [0.2, 0.25) is 0 Å². The van der Waals surface area contributed by atoms with Crippen molar-refractivity contribution in [2.75, 3.05) is 13.2 Å². The summed E-state index contributed by atoms with van der Waals surface area (Å²) in [6, 6.07) is 6.57. The molecule has 2 amide bonds. The number of aliphatic hydroxyl groups excluding tert-OH is 1. The number of benzene rings is 1. The number of carbonyl (C=O) groups is 2. The minimum atomic E-state index is -0.333. The van der Waals surface area contributed by atoms with Crippen molar-refractivity contribution >= 4 is 27.7 Å². The van der Waals surface area contributed by atoms with Crippen LogP contribution in [-0.4, -0.2) is 36.1 Å². The Morgan fingerprint density at radius 2 is 2.17 bits per heavy atom. The molecule has 0 aromatic heterocycles. The van der Waals surface area contributed by atoms with Crippen LogP contribution < -0.4 is 10.6 Å². The smallest absolute Gasteiger partial charge is 0.251 e. The van der Waals surface area contributed by atoms with E-state index < -0.39 is 0 Å². The van der Waals surface area contributed by atoms with Crippen LogP contribution in [0, 0.1) is 0 Å². The predicted molar refractivity (Wildman–Crippen MR) is 71.2 cm³/mol. The molecule has 0 bridgehead atoms. The number of hydrogen-bond donors (Lipinski definition) is 3. The molecular formula is C12H15BrN2O3. The van der Waals surface area contributed by atoms with Crippen LogP contribution in [0.1, 0.15) is 17.3 Å². The SMILES string of the molecule is C[C@@H](CO)NC(=O)CNC(=O)c1cccc(Br)c1. The molecule has 0 saturated carbocycles. The zero-order chi connectivity index (χ0) is 13.5. The second-order valence-electron chi connectivity index (χ2n) is 3.84. The van der Waals surface area contributed by atoms with Crippen LogP contribution in [0.15, 0.2) is 28.7 Å². The van der Waals surface area contributed by atoms with Gasteiger partial charge in [0, 0.05) is 16.1 Å². The Morgan fingerprint density at radius 1 is 1.44 bits per heavy atom. The topological polar surface area (TPSA) is 78.4 Å². The highest BCUT2D eigenvalue weighted by Gasteiger charge is 2.09. The zero-order valence-electron chi connectivity index (χ0n) is 9.94. The van der Waals surface area contributed by atoms with E-state index in [9.17, 15) is 9.59 Å². The van der Waals surface area contributed by atoms with Gasteiger partial charge in [0.1, 0.15) is 0 Å².